The summed E-state index contributed by atoms with van der Waals surface area (Å²) in [6.07, 6.45) is -2.06. The Bertz CT molecular complexity index is 1020. The number of amides is 1. The molecule has 0 bridgehead atoms. The summed E-state index contributed by atoms with van der Waals surface area (Å²) in [5.41, 5.74) is 0. The maximum Gasteiger partial charge on any atom is 0.459 e. The van der Waals surface area contributed by atoms with Crippen LogP contribution in [0.3, 0.4) is 0 Å². The highest BCUT2D eigenvalue weighted by Gasteiger charge is 2.50. The first-order valence-corrected chi connectivity index (χ1v) is 15.0. The summed E-state index contributed by atoms with van der Waals surface area (Å²) in [5.74, 6) is -1.02. The quantitative estimate of drug-likeness (QED) is 0.176. The second kappa shape index (κ2) is 14.6. The van der Waals surface area contributed by atoms with E-state index in [2.05, 4.69) is 10.4 Å². The number of rotatable bonds is 12. The third-order valence-corrected chi connectivity index (χ3v) is 8.41. The maximum atomic E-state index is 14.3. The Kier molecular flexibility index (Phi) is 11.8. The van der Waals surface area contributed by atoms with Gasteiger partial charge in [0.15, 0.2) is 6.29 Å². The van der Waals surface area contributed by atoms with Crippen LogP contribution in [0.2, 0.25) is 0 Å². The molecule has 1 aliphatic heterocycles. The third kappa shape index (κ3) is 8.62. The van der Waals surface area contributed by atoms with Crippen molar-refractivity contribution in [2.45, 2.75) is 95.7 Å². The lowest BCUT2D eigenvalue weighted by molar-refractivity contribution is -0.249. The van der Waals surface area contributed by atoms with E-state index >= 15 is 0 Å². The van der Waals surface area contributed by atoms with E-state index in [9.17, 15) is 29.5 Å². The molecule has 2 fully saturated rings. The van der Waals surface area contributed by atoms with Gasteiger partial charge in [-0.2, -0.15) is 5.09 Å². The minimum Gasteiger partial charge on any atom is -0.497 e. The molecule has 0 spiro atoms. The van der Waals surface area contributed by atoms with Crippen molar-refractivity contribution in [2.24, 2.45) is 5.92 Å². The van der Waals surface area contributed by atoms with Gasteiger partial charge in [-0.25, -0.2) is 4.57 Å². The average Bonchev–Trinajstić information content (AvgIpc) is 2.92. The summed E-state index contributed by atoms with van der Waals surface area (Å²) in [5, 5.41) is 36.2. The molecule has 7 atom stereocenters. The van der Waals surface area contributed by atoms with E-state index < -0.39 is 68.8 Å². The smallest absolute Gasteiger partial charge is 0.459 e. The molecule has 0 aromatic heterocycles. The van der Waals surface area contributed by atoms with E-state index in [1.54, 1.807) is 26.0 Å². The zero-order chi connectivity index (χ0) is 29.4. The van der Waals surface area contributed by atoms with Crippen LogP contribution in [0.5, 0.6) is 11.5 Å². The van der Waals surface area contributed by atoms with Gasteiger partial charge in [0, 0.05) is 6.92 Å². The van der Waals surface area contributed by atoms with Crippen molar-refractivity contribution >= 4 is 19.6 Å². The summed E-state index contributed by atoms with van der Waals surface area (Å²) in [6.45, 7) is 3.91. The average molecular weight is 589 g/mol. The van der Waals surface area contributed by atoms with Crippen molar-refractivity contribution in [1.29, 1.82) is 0 Å². The lowest BCUT2D eigenvalue weighted by atomic mass is 9.97. The maximum absolute atomic E-state index is 14.3. The zero-order valence-corrected chi connectivity index (χ0v) is 24.1. The Morgan fingerprint density at radius 2 is 1.73 bits per heavy atom. The predicted octanol–water partition coefficient (Wildman–Crippen LogP) is 1.63. The molecule has 5 N–H and O–H groups in total. The zero-order valence-electron chi connectivity index (χ0n) is 23.2. The van der Waals surface area contributed by atoms with Crippen LogP contribution in [0.4, 0.5) is 0 Å². The van der Waals surface area contributed by atoms with E-state index in [-0.39, 0.29) is 11.9 Å². The lowest BCUT2D eigenvalue weighted by Gasteiger charge is -2.43. The molecule has 1 saturated carbocycles. The summed E-state index contributed by atoms with van der Waals surface area (Å²) in [6, 6.07) is 3.59. The minimum absolute atomic E-state index is 0.0880. The van der Waals surface area contributed by atoms with Crippen molar-refractivity contribution in [2.75, 3.05) is 13.7 Å². The SMILES string of the molecule is COc1ccc(OP(=O)(NC(C(=O)OC2CCCCC2)C(C)C)O[C@H]2[C@H](O)[C@@H](NC(C)=O)[C@@H](O)O[C@@H]2CO)cc1. The summed E-state index contributed by atoms with van der Waals surface area (Å²) < 4.78 is 42.2. The van der Waals surface area contributed by atoms with Gasteiger partial charge in [0.1, 0.15) is 48.0 Å². The molecule has 1 aliphatic carbocycles. The molecule has 1 aromatic carbocycles. The van der Waals surface area contributed by atoms with Gasteiger partial charge >= 0.3 is 13.7 Å². The molecular formula is C26H41N2O11P. The van der Waals surface area contributed by atoms with Crippen molar-refractivity contribution in [3.05, 3.63) is 24.3 Å². The highest BCUT2D eigenvalue weighted by Crippen LogP contribution is 2.49. The van der Waals surface area contributed by atoms with E-state index in [4.69, 9.17) is 23.3 Å². The fraction of sp³-hybridized carbons (Fsp3) is 0.692. The molecule has 2 unspecified atom stereocenters. The number of carbonyl (C=O) groups excluding carboxylic acids is 2. The Hall–Kier alpha value is -2.25. The Morgan fingerprint density at radius 3 is 2.27 bits per heavy atom. The Balaban J connectivity index is 1.91. The van der Waals surface area contributed by atoms with E-state index in [0.717, 1.165) is 32.1 Å². The molecule has 226 valence electrons. The second-order valence-corrected chi connectivity index (χ2v) is 12.0. The van der Waals surface area contributed by atoms with Gasteiger partial charge in [0.2, 0.25) is 5.91 Å². The normalized spacial score (nSPS) is 27.9. The molecule has 0 radical (unpaired) electrons. The van der Waals surface area contributed by atoms with Crippen LogP contribution in [-0.4, -0.2) is 83.7 Å². The summed E-state index contributed by atoms with van der Waals surface area (Å²) >= 11 is 0. The molecule has 1 amide bonds. The number of nitrogens with one attached hydrogen (secondary N) is 2. The van der Waals surface area contributed by atoms with Gasteiger partial charge in [-0.05, 0) is 55.9 Å². The van der Waals surface area contributed by atoms with Crippen LogP contribution >= 0.6 is 7.75 Å². The third-order valence-electron chi connectivity index (χ3n) is 6.84. The monoisotopic (exact) mass is 588 g/mol. The van der Waals surface area contributed by atoms with Gasteiger partial charge in [0.25, 0.3) is 0 Å². The topological polar surface area (TPSA) is 182 Å². The first kappa shape index (κ1) is 32.3. The number of hydrogen-bond acceptors (Lipinski definition) is 11. The molecule has 2 aliphatic rings. The van der Waals surface area contributed by atoms with E-state index in [1.807, 2.05) is 0 Å². The van der Waals surface area contributed by atoms with Crippen molar-refractivity contribution in [3.63, 3.8) is 0 Å². The summed E-state index contributed by atoms with van der Waals surface area (Å²) in [4.78, 5) is 24.9. The van der Waals surface area contributed by atoms with Gasteiger partial charge in [-0.15, -0.1) is 0 Å². The van der Waals surface area contributed by atoms with Gasteiger partial charge in [-0.1, -0.05) is 20.3 Å². The molecule has 14 heteroatoms. The highest BCUT2D eigenvalue weighted by atomic mass is 31.2. The van der Waals surface area contributed by atoms with Crippen LogP contribution in [0.15, 0.2) is 24.3 Å². The molecule has 1 saturated heterocycles. The number of hydrogen-bond donors (Lipinski definition) is 5. The highest BCUT2D eigenvalue weighted by molar-refractivity contribution is 7.52. The number of ether oxygens (including phenoxy) is 3. The number of aliphatic hydroxyl groups is 3. The Morgan fingerprint density at radius 1 is 1.10 bits per heavy atom. The number of methoxy groups -OCH3 is 1. The van der Waals surface area contributed by atoms with E-state index in [1.165, 1.54) is 26.2 Å². The lowest BCUT2D eigenvalue weighted by Crippen LogP contribution is -2.64. The first-order chi connectivity index (χ1) is 19.0. The van der Waals surface area contributed by atoms with Crippen molar-refractivity contribution in [1.82, 2.24) is 10.4 Å². The van der Waals surface area contributed by atoms with Crippen molar-refractivity contribution < 1.29 is 52.7 Å². The first-order valence-electron chi connectivity index (χ1n) is 13.5. The summed E-state index contributed by atoms with van der Waals surface area (Å²) in [7, 11) is -3.07. The number of benzene rings is 1. The minimum atomic E-state index is -4.56. The van der Waals surface area contributed by atoms with Crippen molar-refractivity contribution in [3.8, 4) is 11.5 Å². The van der Waals surface area contributed by atoms with Gasteiger partial charge < -0.3 is 39.4 Å². The number of carbonyl (C=O) groups is 2. The fourth-order valence-corrected chi connectivity index (χ4v) is 6.56. The predicted molar refractivity (Wildman–Crippen MR) is 142 cm³/mol. The Labute approximate surface area is 234 Å². The van der Waals surface area contributed by atoms with Crippen LogP contribution in [0.1, 0.15) is 52.9 Å². The second-order valence-electron chi connectivity index (χ2n) is 10.3. The molecule has 40 heavy (non-hydrogen) atoms. The van der Waals surface area contributed by atoms with Gasteiger partial charge in [0.05, 0.1) is 13.7 Å². The van der Waals surface area contributed by atoms with Crippen LogP contribution in [0.25, 0.3) is 0 Å². The molecule has 1 aromatic rings. The molecular weight excluding hydrogens is 547 g/mol. The van der Waals surface area contributed by atoms with Crippen LogP contribution in [-0.2, 0) is 28.2 Å². The molecule has 13 nitrogen and oxygen atoms in total. The number of esters is 1. The van der Waals surface area contributed by atoms with Gasteiger partial charge in [-0.3, -0.25) is 14.1 Å². The van der Waals surface area contributed by atoms with Crippen LogP contribution in [0, 0.1) is 5.92 Å². The standard InChI is InChI=1S/C26H41N2O11P/c1-15(2)21(25(32)36-18-8-6-5-7-9-18)28-40(34,38-19-12-10-17(35-4)11-13-19)39-24-20(14-29)37-26(33)22(23(24)31)27-16(3)30/h10-13,15,18,20-24,26,29,31,33H,5-9,14H2,1-4H3,(H,27,30)(H,28,34)/t20-,21?,22-,23-,24-,26+,40?/m1/s1. The van der Waals surface area contributed by atoms with E-state index in [0.29, 0.717) is 5.75 Å². The van der Waals surface area contributed by atoms with Crippen LogP contribution < -0.4 is 19.7 Å². The fourth-order valence-electron chi connectivity index (χ4n) is 4.68. The largest absolute Gasteiger partial charge is 0.497 e. The number of aliphatic hydroxyl groups excluding tert-OH is 3. The molecule has 3 rings (SSSR count). The molecule has 1 heterocycles.